The summed E-state index contributed by atoms with van der Waals surface area (Å²) < 4.78 is 47.7. The van der Waals surface area contributed by atoms with Crippen molar-refractivity contribution in [3.8, 4) is 0 Å². The van der Waals surface area contributed by atoms with Crippen LogP contribution in [0.4, 0.5) is 13.2 Å². The number of esters is 1. The minimum absolute atomic E-state index is 0.0573. The molecule has 1 saturated heterocycles. The van der Waals surface area contributed by atoms with Crippen LogP contribution in [0.3, 0.4) is 0 Å². The molecule has 0 aliphatic carbocycles. The SMILES string of the molecule is CC(C)(C)OC(=O)CC1(NC[C@H](O)C(F)(F)F)CCOCC1. The van der Waals surface area contributed by atoms with Gasteiger partial charge < -0.3 is 19.9 Å². The smallest absolute Gasteiger partial charge is 0.415 e. The Bertz CT molecular complexity index is 373. The van der Waals surface area contributed by atoms with E-state index in [9.17, 15) is 18.0 Å². The van der Waals surface area contributed by atoms with Crippen molar-refractivity contribution in [1.82, 2.24) is 5.32 Å². The highest BCUT2D eigenvalue weighted by Crippen LogP contribution is 2.27. The molecule has 0 radical (unpaired) electrons. The van der Waals surface area contributed by atoms with Crippen LogP contribution < -0.4 is 5.32 Å². The Kier molecular flexibility index (Phi) is 6.23. The van der Waals surface area contributed by atoms with E-state index in [1.54, 1.807) is 20.8 Å². The molecule has 1 atom stereocenters. The number of β-amino-alcohol motifs (C(OH)–C–C–N with tert-alkyl or cyclic N) is 1. The minimum Gasteiger partial charge on any atom is -0.460 e. The molecular weight excluding hydrogens is 303 g/mol. The predicted octanol–water partition coefficient (Wildman–Crippen LogP) is 1.78. The maximum atomic E-state index is 12.4. The second-order valence-electron chi connectivity index (χ2n) is 6.59. The number of ether oxygens (including phenoxy) is 2. The molecule has 0 unspecified atom stereocenters. The average molecular weight is 327 g/mol. The molecule has 0 bridgehead atoms. The minimum atomic E-state index is -4.69. The molecule has 5 nitrogen and oxygen atoms in total. The van der Waals surface area contributed by atoms with Gasteiger partial charge in [0.05, 0.1) is 6.42 Å². The third-order valence-corrected chi connectivity index (χ3v) is 3.40. The van der Waals surface area contributed by atoms with Gasteiger partial charge in [-0.1, -0.05) is 0 Å². The van der Waals surface area contributed by atoms with Crippen molar-refractivity contribution in [2.75, 3.05) is 19.8 Å². The van der Waals surface area contributed by atoms with Gasteiger partial charge in [-0.15, -0.1) is 0 Å². The van der Waals surface area contributed by atoms with Gasteiger partial charge in [-0.3, -0.25) is 4.79 Å². The highest BCUT2D eigenvalue weighted by Gasteiger charge is 2.42. The van der Waals surface area contributed by atoms with Crippen molar-refractivity contribution >= 4 is 5.97 Å². The first kappa shape index (κ1) is 19.2. The third kappa shape index (κ3) is 6.50. The summed E-state index contributed by atoms with van der Waals surface area (Å²) in [6, 6.07) is 0. The molecule has 1 aliphatic rings. The Hall–Kier alpha value is -0.860. The Labute approximate surface area is 128 Å². The summed E-state index contributed by atoms with van der Waals surface area (Å²) in [6.45, 7) is 5.20. The number of aliphatic hydroxyl groups excluding tert-OH is 1. The monoisotopic (exact) mass is 327 g/mol. The summed E-state index contributed by atoms with van der Waals surface area (Å²) in [5, 5.41) is 11.8. The lowest BCUT2D eigenvalue weighted by atomic mass is 9.86. The van der Waals surface area contributed by atoms with Crippen LogP contribution in [0.25, 0.3) is 0 Å². The van der Waals surface area contributed by atoms with Gasteiger partial charge in [0, 0.05) is 25.3 Å². The number of hydrogen-bond donors (Lipinski definition) is 2. The standard InChI is InChI=1S/C14H24F3NO4/c1-12(2,3)22-11(20)8-13(4-6-21-7-5-13)18-9-10(19)14(15,16)17/h10,18-19H,4-9H2,1-3H3/t10-/m0/s1. The van der Waals surface area contributed by atoms with Crippen LogP contribution in [-0.2, 0) is 14.3 Å². The number of alkyl halides is 3. The van der Waals surface area contributed by atoms with Gasteiger partial charge in [-0.25, -0.2) is 0 Å². The van der Waals surface area contributed by atoms with Crippen molar-refractivity contribution in [2.45, 2.75) is 63.5 Å². The van der Waals surface area contributed by atoms with Crippen LogP contribution in [-0.4, -0.2) is 54.3 Å². The van der Waals surface area contributed by atoms with Gasteiger partial charge in [-0.05, 0) is 33.6 Å². The van der Waals surface area contributed by atoms with Crippen molar-refractivity contribution < 1.29 is 32.5 Å². The first-order chi connectivity index (χ1) is 9.94. The van der Waals surface area contributed by atoms with Gasteiger partial charge in [0.15, 0.2) is 6.10 Å². The van der Waals surface area contributed by atoms with E-state index < -0.39 is 35.9 Å². The van der Waals surface area contributed by atoms with E-state index in [4.69, 9.17) is 14.6 Å². The second-order valence-corrected chi connectivity index (χ2v) is 6.59. The summed E-state index contributed by atoms with van der Waals surface area (Å²) >= 11 is 0. The number of aliphatic hydroxyl groups is 1. The molecule has 1 aliphatic heterocycles. The molecular formula is C14H24F3NO4. The summed E-state index contributed by atoms with van der Waals surface area (Å²) in [5.74, 6) is -0.483. The zero-order chi connectivity index (χ0) is 17.0. The van der Waals surface area contributed by atoms with Crippen LogP contribution >= 0.6 is 0 Å². The number of hydrogen-bond acceptors (Lipinski definition) is 5. The molecule has 2 N–H and O–H groups in total. The molecule has 130 valence electrons. The van der Waals surface area contributed by atoms with Gasteiger partial charge >= 0.3 is 12.1 Å². The summed E-state index contributed by atoms with van der Waals surface area (Å²) in [6.07, 6.45) is -6.44. The largest absolute Gasteiger partial charge is 0.460 e. The van der Waals surface area contributed by atoms with Crippen LogP contribution in [0.15, 0.2) is 0 Å². The molecule has 8 heteroatoms. The molecule has 0 aromatic heterocycles. The van der Waals surface area contributed by atoms with E-state index in [-0.39, 0.29) is 6.42 Å². The Morgan fingerprint density at radius 2 is 1.86 bits per heavy atom. The molecule has 0 spiro atoms. The van der Waals surface area contributed by atoms with Crippen LogP contribution in [0, 0.1) is 0 Å². The predicted molar refractivity (Wildman–Crippen MR) is 73.3 cm³/mol. The third-order valence-electron chi connectivity index (χ3n) is 3.40. The summed E-state index contributed by atoms with van der Waals surface area (Å²) in [7, 11) is 0. The molecule has 0 amide bonds. The lowest BCUT2D eigenvalue weighted by Crippen LogP contribution is -2.55. The molecule has 1 rings (SSSR count). The van der Waals surface area contributed by atoms with Crippen molar-refractivity contribution in [1.29, 1.82) is 0 Å². The lowest BCUT2D eigenvalue weighted by molar-refractivity contribution is -0.203. The number of rotatable bonds is 5. The highest BCUT2D eigenvalue weighted by atomic mass is 19.4. The quantitative estimate of drug-likeness (QED) is 0.754. The lowest BCUT2D eigenvalue weighted by Gasteiger charge is -2.38. The fourth-order valence-corrected chi connectivity index (χ4v) is 2.26. The second kappa shape index (κ2) is 7.14. The average Bonchev–Trinajstić information content (AvgIpc) is 2.33. The van der Waals surface area contributed by atoms with E-state index in [0.29, 0.717) is 26.1 Å². The van der Waals surface area contributed by atoms with Crippen LogP contribution in [0.5, 0.6) is 0 Å². The maximum absolute atomic E-state index is 12.4. The number of nitrogens with one attached hydrogen (secondary N) is 1. The molecule has 0 aromatic rings. The number of carbonyl (C=O) groups is 1. The molecule has 0 saturated carbocycles. The number of carbonyl (C=O) groups excluding carboxylic acids is 1. The van der Waals surface area contributed by atoms with Crippen LogP contribution in [0.1, 0.15) is 40.0 Å². The van der Waals surface area contributed by atoms with E-state index in [2.05, 4.69) is 5.32 Å². The normalized spacial score (nSPS) is 20.5. The van der Waals surface area contributed by atoms with Gasteiger partial charge in [-0.2, -0.15) is 13.2 Å². The fraction of sp³-hybridized carbons (Fsp3) is 0.929. The summed E-state index contributed by atoms with van der Waals surface area (Å²) in [5.41, 5.74) is -1.50. The fourth-order valence-electron chi connectivity index (χ4n) is 2.26. The molecule has 0 aromatic carbocycles. The van der Waals surface area contributed by atoms with Gasteiger partial charge in [0.25, 0.3) is 0 Å². The molecule has 1 fully saturated rings. The first-order valence-electron chi connectivity index (χ1n) is 7.23. The van der Waals surface area contributed by atoms with Crippen molar-refractivity contribution in [2.24, 2.45) is 0 Å². The van der Waals surface area contributed by atoms with Gasteiger partial charge in [0.2, 0.25) is 0 Å². The van der Waals surface area contributed by atoms with E-state index in [1.165, 1.54) is 0 Å². The Morgan fingerprint density at radius 3 is 2.32 bits per heavy atom. The first-order valence-corrected chi connectivity index (χ1v) is 7.23. The van der Waals surface area contributed by atoms with Crippen molar-refractivity contribution in [3.63, 3.8) is 0 Å². The van der Waals surface area contributed by atoms with Gasteiger partial charge in [0.1, 0.15) is 5.60 Å². The van der Waals surface area contributed by atoms with Crippen molar-refractivity contribution in [3.05, 3.63) is 0 Å². The Morgan fingerprint density at radius 1 is 1.32 bits per heavy atom. The van der Waals surface area contributed by atoms with E-state index >= 15 is 0 Å². The molecule has 22 heavy (non-hydrogen) atoms. The topological polar surface area (TPSA) is 67.8 Å². The Balaban J connectivity index is 2.68. The zero-order valence-electron chi connectivity index (χ0n) is 13.1. The summed E-state index contributed by atoms with van der Waals surface area (Å²) in [4.78, 5) is 12.0. The zero-order valence-corrected chi connectivity index (χ0v) is 13.1. The maximum Gasteiger partial charge on any atom is 0.415 e. The van der Waals surface area contributed by atoms with E-state index in [1.807, 2.05) is 0 Å². The number of halogens is 3. The molecule has 1 heterocycles. The van der Waals surface area contributed by atoms with E-state index in [0.717, 1.165) is 0 Å². The highest BCUT2D eigenvalue weighted by molar-refractivity contribution is 5.71. The van der Waals surface area contributed by atoms with Crippen LogP contribution in [0.2, 0.25) is 0 Å².